The van der Waals surface area contributed by atoms with Gasteiger partial charge in [0.1, 0.15) is 12.6 Å². The van der Waals surface area contributed by atoms with E-state index in [1.54, 1.807) is 30.3 Å². The normalized spacial score (nSPS) is 11.2. The van der Waals surface area contributed by atoms with Gasteiger partial charge in [0.15, 0.2) is 0 Å². The van der Waals surface area contributed by atoms with E-state index >= 15 is 0 Å². The van der Waals surface area contributed by atoms with Crippen molar-refractivity contribution in [2.24, 2.45) is 0 Å². The molecular formula is C14H18N2O3S. The molecule has 1 heterocycles. The molecule has 0 bridgehead atoms. The minimum absolute atomic E-state index is 0.128. The molecular weight excluding hydrogens is 276 g/mol. The maximum absolute atomic E-state index is 12.0. The zero-order valence-electron chi connectivity index (χ0n) is 11.8. The molecule has 0 fully saturated rings. The molecule has 0 aliphatic carbocycles. The third kappa shape index (κ3) is 4.37. The Hall–Kier alpha value is -1.84. The summed E-state index contributed by atoms with van der Waals surface area (Å²) in [4.78, 5) is 26.1. The van der Waals surface area contributed by atoms with Crippen molar-refractivity contribution in [3.05, 3.63) is 21.9 Å². The first-order valence-corrected chi connectivity index (χ1v) is 7.11. The van der Waals surface area contributed by atoms with E-state index in [0.717, 1.165) is 0 Å². The van der Waals surface area contributed by atoms with Crippen LogP contribution >= 0.6 is 11.3 Å². The van der Waals surface area contributed by atoms with Gasteiger partial charge >= 0.3 is 0 Å². The van der Waals surface area contributed by atoms with Gasteiger partial charge in [0.2, 0.25) is 5.91 Å². The first-order valence-electron chi connectivity index (χ1n) is 6.23. The van der Waals surface area contributed by atoms with Crippen molar-refractivity contribution in [2.45, 2.75) is 19.9 Å². The molecule has 6 heteroatoms. The molecule has 0 spiro atoms. The molecule has 0 radical (unpaired) electrons. The summed E-state index contributed by atoms with van der Waals surface area (Å²) in [7, 11) is 1.69. The molecule has 1 atom stereocenters. The summed E-state index contributed by atoms with van der Waals surface area (Å²) in [5.41, 5.74) is 0.469. The van der Waals surface area contributed by atoms with Gasteiger partial charge in [-0.3, -0.25) is 9.59 Å². The Morgan fingerprint density at radius 1 is 1.55 bits per heavy atom. The van der Waals surface area contributed by atoms with Crippen LogP contribution in [0.5, 0.6) is 0 Å². The summed E-state index contributed by atoms with van der Waals surface area (Å²) in [6.45, 7) is 3.91. The summed E-state index contributed by atoms with van der Waals surface area (Å²) in [6, 6.07) is 1.07. The van der Waals surface area contributed by atoms with Crippen LogP contribution in [0.4, 0.5) is 0 Å². The number of aliphatic hydroxyl groups is 1. The average molecular weight is 294 g/mol. The van der Waals surface area contributed by atoms with E-state index in [-0.39, 0.29) is 18.4 Å². The SMILES string of the molecule is CCN(C)C(=O)C(C)NC(=O)c1csc(C#CCO)c1. The Labute approximate surface area is 122 Å². The number of thiophene rings is 1. The smallest absolute Gasteiger partial charge is 0.252 e. The monoisotopic (exact) mass is 294 g/mol. The molecule has 0 aliphatic rings. The molecule has 1 unspecified atom stereocenters. The van der Waals surface area contributed by atoms with Crippen LogP contribution in [0.25, 0.3) is 0 Å². The Morgan fingerprint density at radius 3 is 2.85 bits per heavy atom. The van der Waals surface area contributed by atoms with Gasteiger partial charge in [-0.25, -0.2) is 0 Å². The van der Waals surface area contributed by atoms with Crippen molar-refractivity contribution >= 4 is 23.2 Å². The highest BCUT2D eigenvalue weighted by atomic mass is 32.1. The summed E-state index contributed by atoms with van der Waals surface area (Å²) in [6.07, 6.45) is 0. The second kappa shape index (κ2) is 7.68. The third-order valence-electron chi connectivity index (χ3n) is 2.72. The molecule has 0 saturated carbocycles. The molecule has 0 aliphatic heterocycles. The highest BCUT2D eigenvalue weighted by Crippen LogP contribution is 2.13. The summed E-state index contributed by atoms with van der Waals surface area (Å²) in [5, 5.41) is 12.9. The largest absolute Gasteiger partial charge is 0.384 e. The third-order valence-corrected chi connectivity index (χ3v) is 3.57. The maximum atomic E-state index is 12.0. The second-order valence-corrected chi connectivity index (χ2v) is 5.12. The van der Waals surface area contributed by atoms with Crippen molar-refractivity contribution in [3.63, 3.8) is 0 Å². The Morgan fingerprint density at radius 2 is 2.25 bits per heavy atom. The lowest BCUT2D eigenvalue weighted by Gasteiger charge is -2.20. The van der Waals surface area contributed by atoms with Crippen LogP contribution in [-0.2, 0) is 4.79 Å². The van der Waals surface area contributed by atoms with E-state index in [9.17, 15) is 9.59 Å². The van der Waals surface area contributed by atoms with E-state index in [2.05, 4.69) is 17.2 Å². The average Bonchev–Trinajstić information content (AvgIpc) is 2.92. The first-order chi connectivity index (χ1) is 9.49. The van der Waals surface area contributed by atoms with E-state index < -0.39 is 6.04 Å². The molecule has 1 aromatic heterocycles. The van der Waals surface area contributed by atoms with Crippen LogP contribution in [0, 0.1) is 11.8 Å². The van der Waals surface area contributed by atoms with Crippen molar-refractivity contribution in [1.29, 1.82) is 0 Å². The number of nitrogens with zero attached hydrogens (tertiary/aromatic N) is 1. The molecule has 0 saturated heterocycles. The van der Waals surface area contributed by atoms with Gasteiger partial charge in [-0.1, -0.05) is 11.8 Å². The first kappa shape index (κ1) is 16.2. The Bertz CT molecular complexity index is 542. The number of hydrogen-bond donors (Lipinski definition) is 2. The Balaban J connectivity index is 2.67. The minimum Gasteiger partial charge on any atom is -0.384 e. The van der Waals surface area contributed by atoms with Crippen LogP contribution < -0.4 is 5.32 Å². The second-order valence-electron chi connectivity index (χ2n) is 4.21. The number of carbonyl (C=O) groups excluding carboxylic acids is 2. The molecule has 1 aromatic rings. The van der Waals surface area contributed by atoms with Gasteiger partial charge in [-0.15, -0.1) is 11.3 Å². The lowest BCUT2D eigenvalue weighted by molar-refractivity contribution is -0.131. The van der Waals surface area contributed by atoms with Crippen LogP contribution in [0.1, 0.15) is 29.1 Å². The van der Waals surface area contributed by atoms with E-state index in [0.29, 0.717) is 17.0 Å². The number of rotatable bonds is 4. The quantitative estimate of drug-likeness (QED) is 0.803. The van der Waals surface area contributed by atoms with E-state index in [1.807, 2.05) is 6.92 Å². The summed E-state index contributed by atoms with van der Waals surface area (Å²) < 4.78 is 0. The fourth-order valence-electron chi connectivity index (χ4n) is 1.48. The van der Waals surface area contributed by atoms with Crippen molar-refractivity contribution < 1.29 is 14.7 Å². The van der Waals surface area contributed by atoms with Gasteiger partial charge in [-0.2, -0.15) is 0 Å². The lowest BCUT2D eigenvalue weighted by Crippen LogP contribution is -2.45. The zero-order valence-corrected chi connectivity index (χ0v) is 12.6. The molecule has 5 nitrogen and oxygen atoms in total. The van der Waals surface area contributed by atoms with E-state index in [1.165, 1.54) is 11.3 Å². The van der Waals surface area contributed by atoms with Crippen LogP contribution in [0.3, 0.4) is 0 Å². The van der Waals surface area contributed by atoms with E-state index in [4.69, 9.17) is 5.11 Å². The van der Waals surface area contributed by atoms with Crippen LogP contribution in [-0.4, -0.2) is 48.1 Å². The van der Waals surface area contributed by atoms with Crippen LogP contribution in [0.15, 0.2) is 11.4 Å². The fourth-order valence-corrected chi connectivity index (χ4v) is 2.23. The predicted octanol–water partition coefficient (Wildman–Crippen LogP) is 0.689. The minimum atomic E-state index is -0.570. The molecule has 20 heavy (non-hydrogen) atoms. The van der Waals surface area contributed by atoms with Crippen molar-refractivity contribution in [1.82, 2.24) is 10.2 Å². The number of likely N-dealkylation sites (N-methyl/N-ethyl adjacent to an activating group) is 1. The lowest BCUT2D eigenvalue weighted by atomic mass is 10.2. The van der Waals surface area contributed by atoms with Crippen molar-refractivity contribution in [2.75, 3.05) is 20.2 Å². The topological polar surface area (TPSA) is 69.6 Å². The molecule has 0 aromatic carbocycles. The number of amides is 2. The number of nitrogens with one attached hydrogen (secondary N) is 1. The maximum Gasteiger partial charge on any atom is 0.252 e. The van der Waals surface area contributed by atoms with Gasteiger partial charge < -0.3 is 15.3 Å². The molecule has 108 valence electrons. The van der Waals surface area contributed by atoms with Gasteiger partial charge in [0.25, 0.3) is 5.91 Å². The molecule has 1 rings (SSSR count). The number of carbonyl (C=O) groups is 2. The summed E-state index contributed by atoms with van der Waals surface area (Å²) in [5.74, 6) is 4.83. The van der Waals surface area contributed by atoms with Gasteiger partial charge in [-0.05, 0) is 19.9 Å². The Kier molecular flexibility index (Phi) is 6.22. The molecule has 2 amide bonds. The zero-order chi connectivity index (χ0) is 15.1. The number of aliphatic hydroxyl groups excluding tert-OH is 1. The van der Waals surface area contributed by atoms with Crippen molar-refractivity contribution in [3.8, 4) is 11.8 Å². The van der Waals surface area contributed by atoms with Crippen LogP contribution in [0.2, 0.25) is 0 Å². The fraction of sp³-hybridized carbons (Fsp3) is 0.429. The standard InChI is InChI=1S/C14H18N2O3S/c1-4-16(3)14(19)10(2)15-13(18)11-8-12(20-9-11)6-5-7-17/h8-10,17H,4,7H2,1-3H3,(H,15,18). The number of hydrogen-bond acceptors (Lipinski definition) is 4. The highest BCUT2D eigenvalue weighted by molar-refractivity contribution is 7.10. The highest BCUT2D eigenvalue weighted by Gasteiger charge is 2.19. The molecule has 2 N–H and O–H groups in total. The summed E-state index contributed by atoms with van der Waals surface area (Å²) >= 11 is 1.32. The predicted molar refractivity (Wildman–Crippen MR) is 78.5 cm³/mol. The van der Waals surface area contributed by atoms with Gasteiger partial charge in [0.05, 0.1) is 10.4 Å². The van der Waals surface area contributed by atoms with Gasteiger partial charge in [0, 0.05) is 19.0 Å².